The Morgan fingerprint density at radius 1 is 1.12 bits per heavy atom. The van der Waals surface area contributed by atoms with Crippen LogP contribution in [-0.4, -0.2) is 35.6 Å². The van der Waals surface area contributed by atoms with E-state index in [2.05, 4.69) is 5.32 Å². The summed E-state index contributed by atoms with van der Waals surface area (Å²) >= 11 is 5.70. The van der Waals surface area contributed by atoms with Crippen molar-refractivity contribution in [3.05, 3.63) is 23.9 Å². The summed E-state index contributed by atoms with van der Waals surface area (Å²) in [6.45, 7) is 7.21. The molecule has 1 heterocycles. The van der Waals surface area contributed by atoms with Crippen LogP contribution >= 0.6 is 11.6 Å². The van der Waals surface area contributed by atoms with Crippen molar-refractivity contribution in [2.75, 3.05) is 5.88 Å². The van der Waals surface area contributed by atoms with E-state index in [1.165, 1.54) is 6.20 Å². The first-order valence-corrected chi connectivity index (χ1v) is 8.99. The van der Waals surface area contributed by atoms with Crippen molar-refractivity contribution in [3.8, 4) is 0 Å². The molecule has 0 spiro atoms. The van der Waals surface area contributed by atoms with Crippen LogP contribution in [0.5, 0.6) is 0 Å². The van der Waals surface area contributed by atoms with Crippen LogP contribution in [0.2, 0.25) is 0 Å². The van der Waals surface area contributed by atoms with Gasteiger partial charge >= 0.3 is 11.9 Å². The summed E-state index contributed by atoms with van der Waals surface area (Å²) in [5, 5.41) is 3.06. The highest BCUT2D eigenvalue weighted by Gasteiger charge is 2.38. The van der Waals surface area contributed by atoms with Crippen LogP contribution in [0.1, 0.15) is 53.4 Å². The Morgan fingerprint density at radius 2 is 1.79 bits per heavy atom. The van der Waals surface area contributed by atoms with Gasteiger partial charge in [-0.15, -0.1) is 11.6 Å². The lowest BCUT2D eigenvalue weighted by Gasteiger charge is -2.32. The minimum atomic E-state index is -0.946. The minimum Gasteiger partial charge on any atom is -0.461 e. The van der Waals surface area contributed by atoms with Crippen molar-refractivity contribution in [1.82, 2.24) is 5.32 Å². The fraction of sp³-hybridized carbons (Fsp3) is 0.667. The van der Waals surface area contributed by atoms with Gasteiger partial charge in [-0.1, -0.05) is 12.8 Å². The van der Waals surface area contributed by atoms with Crippen molar-refractivity contribution in [1.29, 1.82) is 0 Å². The van der Waals surface area contributed by atoms with Gasteiger partial charge in [0, 0.05) is 12.1 Å². The molecule has 24 heavy (non-hydrogen) atoms. The van der Waals surface area contributed by atoms with E-state index in [0.29, 0.717) is 17.9 Å². The second kappa shape index (κ2) is 9.72. The molecule has 136 valence electrons. The molecule has 1 aliphatic rings. The van der Waals surface area contributed by atoms with Gasteiger partial charge in [0.1, 0.15) is 0 Å². The number of halogens is 1. The molecular formula is C18H28ClNO4. The number of carbonyl (C=O) groups excluding carboxylic acids is 2. The van der Waals surface area contributed by atoms with Crippen molar-refractivity contribution in [2.24, 2.45) is 0 Å². The average molecular weight is 358 g/mol. The number of alkyl halides is 1. The van der Waals surface area contributed by atoms with E-state index in [4.69, 9.17) is 21.1 Å². The second-order valence-corrected chi connectivity index (χ2v) is 6.83. The van der Waals surface area contributed by atoms with Gasteiger partial charge < -0.3 is 14.8 Å². The van der Waals surface area contributed by atoms with Crippen LogP contribution < -0.4 is 5.32 Å². The number of hydrogen-bond donors (Lipinski definition) is 1. The summed E-state index contributed by atoms with van der Waals surface area (Å²) in [5.41, 5.74) is -0.560. The maximum absolute atomic E-state index is 12.5. The number of hydrogen-bond acceptors (Lipinski definition) is 5. The topological polar surface area (TPSA) is 64.6 Å². The Kier molecular flexibility index (Phi) is 8.32. The van der Waals surface area contributed by atoms with Gasteiger partial charge in [0.15, 0.2) is 5.54 Å². The summed E-state index contributed by atoms with van der Waals surface area (Å²) < 4.78 is 10.6. The van der Waals surface area contributed by atoms with Crippen molar-refractivity contribution in [3.63, 3.8) is 0 Å². The third-order valence-electron chi connectivity index (χ3n) is 3.52. The van der Waals surface area contributed by atoms with Crippen LogP contribution in [0.3, 0.4) is 0 Å². The molecule has 5 nitrogen and oxygen atoms in total. The normalized spacial score (nSPS) is 19.9. The van der Waals surface area contributed by atoms with Gasteiger partial charge in [0.25, 0.3) is 0 Å². The fourth-order valence-corrected chi connectivity index (χ4v) is 2.51. The maximum atomic E-state index is 12.5. The molecule has 0 aromatic heterocycles. The van der Waals surface area contributed by atoms with Crippen LogP contribution in [-0.2, 0) is 19.1 Å². The van der Waals surface area contributed by atoms with E-state index in [0.717, 1.165) is 19.3 Å². The first-order valence-electron chi connectivity index (χ1n) is 8.46. The quantitative estimate of drug-likeness (QED) is 0.389. The Bertz CT molecular complexity index is 499. The molecule has 1 atom stereocenters. The third-order valence-corrected chi connectivity index (χ3v) is 3.79. The highest BCUT2D eigenvalue weighted by Crippen LogP contribution is 2.24. The average Bonchev–Trinajstić information content (AvgIpc) is 2.50. The summed E-state index contributed by atoms with van der Waals surface area (Å²) in [5.74, 6) is -0.147. The smallest absolute Gasteiger partial charge is 0.339 e. The third kappa shape index (κ3) is 6.19. The van der Waals surface area contributed by atoms with Crippen molar-refractivity contribution >= 4 is 23.5 Å². The van der Waals surface area contributed by atoms with Gasteiger partial charge in [-0.2, -0.15) is 0 Å². The van der Waals surface area contributed by atoms with Crippen LogP contribution in [0.25, 0.3) is 0 Å². The van der Waals surface area contributed by atoms with Gasteiger partial charge in [0.2, 0.25) is 0 Å². The summed E-state index contributed by atoms with van der Waals surface area (Å²) in [6, 6.07) is 0. The van der Waals surface area contributed by atoms with Gasteiger partial charge in [-0.05, 0) is 52.7 Å². The molecule has 0 fully saturated rings. The first-order chi connectivity index (χ1) is 11.3. The Labute approximate surface area is 149 Å². The first kappa shape index (κ1) is 20.6. The molecular weight excluding hydrogens is 330 g/mol. The molecule has 0 aromatic carbocycles. The molecule has 0 radical (unpaired) electrons. The van der Waals surface area contributed by atoms with E-state index < -0.39 is 11.5 Å². The van der Waals surface area contributed by atoms with E-state index in [9.17, 15) is 9.59 Å². The maximum Gasteiger partial charge on any atom is 0.339 e. The van der Waals surface area contributed by atoms with Crippen LogP contribution in [0.15, 0.2) is 23.9 Å². The molecule has 0 bridgehead atoms. The molecule has 1 unspecified atom stereocenters. The number of carbonyl (C=O) groups is 2. The molecule has 1 aliphatic heterocycles. The van der Waals surface area contributed by atoms with E-state index >= 15 is 0 Å². The predicted molar refractivity (Wildman–Crippen MR) is 94.7 cm³/mol. The molecule has 1 rings (SSSR count). The highest BCUT2D eigenvalue weighted by atomic mass is 35.5. The van der Waals surface area contributed by atoms with Crippen molar-refractivity contribution < 1.29 is 19.1 Å². The Hall–Kier alpha value is -1.49. The SMILES string of the molecule is CC(C)OC(=O)C1=CNC(CCCCCCl)(C(=O)OC(C)C)C=C1. The zero-order valence-electron chi connectivity index (χ0n) is 14.9. The number of dihydropyridines is 1. The zero-order chi connectivity index (χ0) is 18.2. The van der Waals surface area contributed by atoms with Gasteiger partial charge in [-0.3, -0.25) is 0 Å². The zero-order valence-corrected chi connectivity index (χ0v) is 15.7. The van der Waals surface area contributed by atoms with Crippen LogP contribution in [0, 0.1) is 0 Å². The number of ether oxygens (including phenoxy) is 2. The lowest BCUT2D eigenvalue weighted by atomic mass is 9.89. The standard InChI is InChI=1S/C18H28ClNO4/c1-13(2)23-16(21)15-8-10-18(20-12-15,9-6-5-7-11-19)17(22)24-14(3)4/h8,10,12-14,20H,5-7,9,11H2,1-4H3. The lowest BCUT2D eigenvalue weighted by molar-refractivity contribution is -0.153. The van der Waals surface area contributed by atoms with Gasteiger partial charge in [0.05, 0.1) is 17.8 Å². The van der Waals surface area contributed by atoms with Gasteiger partial charge in [-0.25, -0.2) is 9.59 Å². The summed E-state index contributed by atoms with van der Waals surface area (Å²) in [7, 11) is 0. The number of esters is 2. The summed E-state index contributed by atoms with van der Waals surface area (Å²) in [6.07, 6.45) is 7.72. The molecule has 0 amide bonds. The molecule has 0 aliphatic carbocycles. The summed E-state index contributed by atoms with van der Waals surface area (Å²) in [4.78, 5) is 24.5. The van der Waals surface area contributed by atoms with E-state index in [1.54, 1.807) is 26.0 Å². The monoisotopic (exact) mass is 357 g/mol. The molecule has 0 saturated carbocycles. The fourth-order valence-electron chi connectivity index (χ4n) is 2.32. The van der Waals surface area contributed by atoms with E-state index in [1.807, 2.05) is 13.8 Å². The highest BCUT2D eigenvalue weighted by molar-refractivity contribution is 6.17. The number of nitrogens with one attached hydrogen (secondary N) is 1. The largest absolute Gasteiger partial charge is 0.461 e. The number of unbranched alkanes of at least 4 members (excludes halogenated alkanes) is 2. The molecule has 0 saturated heterocycles. The molecule has 0 aromatic rings. The minimum absolute atomic E-state index is 0.194. The lowest BCUT2D eigenvalue weighted by Crippen LogP contribution is -2.51. The van der Waals surface area contributed by atoms with E-state index in [-0.39, 0.29) is 18.2 Å². The predicted octanol–water partition coefficient (Wildman–Crippen LogP) is 3.47. The Balaban J connectivity index is 2.82. The van der Waals surface area contributed by atoms with Crippen molar-refractivity contribution in [2.45, 2.75) is 71.1 Å². The molecule has 1 N–H and O–H groups in total. The van der Waals surface area contributed by atoms with Crippen LogP contribution in [0.4, 0.5) is 0 Å². The number of rotatable bonds is 9. The second-order valence-electron chi connectivity index (χ2n) is 6.46. The Morgan fingerprint density at radius 3 is 2.29 bits per heavy atom. The molecule has 6 heteroatoms.